The first-order valence-electron chi connectivity index (χ1n) is 6.87. The van der Waals surface area contributed by atoms with Gasteiger partial charge in [-0.05, 0) is 35.7 Å². The predicted octanol–water partition coefficient (Wildman–Crippen LogP) is 3.24. The highest BCUT2D eigenvalue weighted by atomic mass is 32.1. The Balaban J connectivity index is 2.07. The molecule has 0 amide bonds. The molecule has 0 radical (unpaired) electrons. The topological polar surface area (TPSA) is 38.5 Å². The first kappa shape index (κ1) is 15.0. The molecule has 2 aromatic rings. The Morgan fingerprint density at radius 1 is 1.25 bits per heavy atom. The number of methoxy groups -OCH3 is 1. The minimum Gasteiger partial charge on any atom is -0.496 e. The average molecular weight is 290 g/mol. The Morgan fingerprint density at radius 2 is 2.10 bits per heavy atom. The number of ether oxygens (including phenoxy) is 1. The van der Waals surface area contributed by atoms with Gasteiger partial charge in [0.1, 0.15) is 5.75 Å². The number of thiophene rings is 1. The Kier molecular flexibility index (Phi) is 5.59. The van der Waals surface area contributed by atoms with Gasteiger partial charge in [0, 0.05) is 30.1 Å². The number of benzene rings is 1. The summed E-state index contributed by atoms with van der Waals surface area (Å²) in [7, 11) is 1.68. The Morgan fingerprint density at radius 3 is 2.70 bits per heavy atom. The summed E-state index contributed by atoms with van der Waals surface area (Å²) >= 11 is 1.81. The molecule has 1 heterocycles. The minimum absolute atomic E-state index is 0.508. The maximum Gasteiger partial charge on any atom is 0.123 e. The van der Waals surface area contributed by atoms with Crippen molar-refractivity contribution in [3.8, 4) is 5.75 Å². The van der Waals surface area contributed by atoms with Gasteiger partial charge in [-0.2, -0.15) is 0 Å². The Hall–Kier alpha value is -1.36. The van der Waals surface area contributed by atoms with Crippen molar-refractivity contribution in [2.45, 2.75) is 26.6 Å². The molecule has 4 heteroatoms. The molecule has 0 aliphatic carbocycles. The molecule has 2 rings (SSSR count). The third-order valence-electron chi connectivity index (χ3n) is 3.38. The van der Waals surface area contributed by atoms with Crippen LogP contribution >= 0.6 is 11.3 Å². The van der Waals surface area contributed by atoms with Gasteiger partial charge in [0.2, 0.25) is 0 Å². The molecule has 2 N–H and O–H groups in total. The van der Waals surface area contributed by atoms with E-state index in [-0.39, 0.29) is 0 Å². The van der Waals surface area contributed by atoms with Crippen LogP contribution in [0.4, 0.5) is 0 Å². The lowest BCUT2D eigenvalue weighted by Crippen LogP contribution is -2.22. The zero-order valence-corrected chi connectivity index (χ0v) is 13.0. The van der Waals surface area contributed by atoms with Gasteiger partial charge in [-0.25, -0.2) is 0 Å². The molecule has 0 bridgehead atoms. The lowest BCUT2D eigenvalue weighted by Gasteiger charge is -2.20. The van der Waals surface area contributed by atoms with Gasteiger partial charge in [-0.15, -0.1) is 11.3 Å². The fourth-order valence-corrected chi connectivity index (χ4v) is 3.00. The minimum atomic E-state index is 0.508. The number of hydrogen-bond donors (Lipinski definition) is 1. The van der Waals surface area contributed by atoms with Crippen LogP contribution in [0.3, 0.4) is 0 Å². The fraction of sp³-hybridized carbons (Fsp3) is 0.375. The first-order valence-corrected chi connectivity index (χ1v) is 7.75. The quantitative estimate of drug-likeness (QED) is 0.851. The number of nitrogens with two attached hydrogens (primary N) is 1. The first-order chi connectivity index (χ1) is 9.76. The van der Waals surface area contributed by atoms with E-state index < -0.39 is 0 Å². The molecule has 1 aromatic carbocycles. The van der Waals surface area contributed by atoms with Crippen LogP contribution in [0.5, 0.6) is 5.75 Å². The van der Waals surface area contributed by atoms with Gasteiger partial charge in [0.15, 0.2) is 0 Å². The number of rotatable bonds is 7. The van der Waals surface area contributed by atoms with Gasteiger partial charge in [-0.1, -0.05) is 19.1 Å². The third kappa shape index (κ3) is 3.82. The Labute approximate surface area is 125 Å². The van der Waals surface area contributed by atoms with E-state index in [0.717, 1.165) is 30.9 Å². The molecular weight excluding hydrogens is 268 g/mol. The van der Waals surface area contributed by atoms with Crippen LogP contribution in [0.25, 0.3) is 0 Å². The molecule has 1 aromatic heterocycles. The van der Waals surface area contributed by atoms with Gasteiger partial charge < -0.3 is 10.5 Å². The van der Waals surface area contributed by atoms with Crippen LogP contribution in [-0.2, 0) is 19.6 Å². The highest BCUT2D eigenvalue weighted by Crippen LogP contribution is 2.21. The molecule has 0 aliphatic heterocycles. The van der Waals surface area contributed by atoms with Crippen molar-refractivity contribution >= 4 is 11.3 Å². The van der Waals surface area contributed by atoms with Gasteiger partial charge in [0.05, 0.1) is 7.11 Å². The van der Waals surface area contributed by atoms with Gasteiger partial charge >= 0.3 is 0 Å². The van der Waals surface area contributed by atoms with E-state index in [0.29, 0.717) is 6.54 Å². The van der Waals surface area contributed by atoms with E-state index >= 15 is 0 Å². The van der Waals surface area contributed by atoms with Crippen LogP contribution in [0.1, 0.15) is 22.9 Å². The standard InChI is InChI=1S/C16H22N2OS/c1-3-18(12-15-5-4-8-20-15)11-13-6-7-16(19-2)14(9-13)10-17/h4-9H,3,10-12,17H2,1-2H3. The van der Waals surface area contributed by atoms with Crippen molar-refractivity contribution in [3.05, 3.63) is 51.7 Å². The van der Waals surface area contributed by atoms with Crippen LogP contribution in [-0.4, -0.2) is 18.6 Å². The maximum absolute atomic E-state index is 5.78. The highest BCUT2D eigenvalue weighted by Gasteiger charge is 2.08. The second-order valence-electron chi connectivity index (χ2n) is 4.73. The Bertz CT molecular complexity index is 525. The van der Waals surface area contributed by atoms with Crippen molar-refractivity contribution in [2.75, 3.05) is 13.7 Å². The van der Waals surface area contributed by atoms with Crippen molar-refractivity contribution in [1.29, 1.82) is 0 Å². The summed E-state index contributed by atoms with van der Waals surface area (Å²) in [5.74, 6) is 0.873. The van der Waals surface area contributed by atoms with Crippen LogP contribution in [0, 0.1) is 0 Å². The van der Waals surface area contributed by atoms with Crippen molar-refractivity contribution in [2.24, 2.45) is 5.73 Å². The van der Waals surface area contributed by atoms with E-state index in [1.165, 1.54) is 10.4 Å². The predicted molar refractivity (Wildman–Crippen MR) is 85.0 cm³/mol. The van der Waals surface area contributed by atoms with Crippen LogP contribution < -0.4 is 10.5 Å². The summed E-state index contributed by atoms with van der Waals surface area (Å²) in [5, 5.41) is 2.13. The smallest absolute Gasteiger partial charge is 0.123 e. The largest absolute Gasteiger partial charge is 0.496 e. The summed E-state index contributed by atoms with van der Waals surface area (Å²) in [6.45, 7) is 5.67. The zero-order chi connectivity index (χ0) is 14.4. The van der Waals surface area contributed by atoms with Gasteiger partial charge in [-0.3, -0.25) is 4.90 Å². The molecule has 0 saturated carbocycles. The second-order valence-corrected chi connectivity index (χ2v) is 5.77. The molecule has 20 heavy (non-hydrogen) atoms. The molecule has 0 fully saturated rings. The molecule has 0 atom stereocenters. The summed E-state index contributed by atoms with van der Waals surface area (Å²) in [6.07, 6.45) is 0. The fourth-order valence-electron chi connectivity index (χ4n) is 2.25. The monoisotopic (exact) mass is 290 g/mol. The third-order valence-corrected chi connectivity index (χ3v) is 4.24. The lowest BCUT2D eigenvalue weighted by molar-refractivity contribution is 0.273. The van der Waals surface area contributed by atoms with Crippen molar-refractivity contribution in [3.63, 3.8) is 0 Å². The summed E-state index contributed by atoms with van der Waals surface area (Å²) in [5.41, 5.74) is 8.13. The summed E-state index contributed by atoms with van der Waals surface area (Å²) in [6, 6.07) is 10.6. The SMILES string of the molecule is CCN(Cc1ccc(OC)c(CN)c1)Cc1cccs1. The lowest BCUT2D eigenvalue weighted by atomic mass is 10.1. The zero-order valence-electron chi connectivity index (χ0n) is 12.1. The van der Waals surface area contributed by atoms with Crippen LogP contribution in [0.15, 0.2) is 35.7 Å². The second kappa shape index (κ2) is 7.43. The molecule has 0 aliphatic rings. The summed E-state index contributed by atoms with van der Waals surface area (Å²) < 4.78 is 5.32. The van der Waals surface area contributed by atoms with Gasteiger partial charge in [0.25, 0.3) is 0 Å². The molecule has 108 valence electrons. The molecule has 3 nitrogen and oxygen atoms in total. The highest BCUT2D eigenvalue weighted by molar-refractivity contribution is 7.09. The van der Waals surface area contributed by atoms with E-state index in [9.17, 15) is 0 Å². The molecular formula is C16H22N2OS. The van der Waals surface area contributed by atoms with Crippen molar-refractivity contribution in [1.82, 2.24) is 4.90 Å². The molecule has 0 saturated heterocycles. The normalized spacial score (nSPS) is 11.0. The van der Waals surface area contributed by atoms with E-state index in [2.05, 4.69) is 41.5 Å². The molecule has 0 spiro atoms. The summed E-state index contributed by atoms with van der Waals surface area (Å²) in [4.78, 5) is 3.83. The maximum atomic E-state index is 5.78. The van der Waals surface area contributed by atoms with Crippen molar-refractivity contribution < 1.29 is 4.74 Å². The van der Waals surface area contributed by atoms with E-state index in [1.54, 1.807) is 7.11 Å². The van der Waals surface area contributed by atoms with E-state index in [4.69, 9.17) is 10.5 Å². The van der Waals surface area contributed by atoms with Crippen LogP contribution in [0.2, 0.25) is 0 Å². The average Bonchev–Trinajstić information content (AvgIpc) is 2.99. The van der Waals surface area contributed by atoms with E-state index in [1.807, 2.05) is 17.4 Å². The number of hydrogen-bond acceptors (Lipinski definition) is 4. The molecule has 0 unspecified atom stereocenters. The number of nitrogens with zero attached hydrogens (tertiary/aromatic N) is 1.